The van der Waals surface area contributed by atoms with Gasteiger partial charge in [0.25, 0.3) is 5.56 Å². The Morgan fingerprint density at radius 2 is 1.50 bits per heavy atom. The van der Waals surface area contributed by atoms with Gasteiger partial charge in [0.15, 0.2) is 5.78 Å². The number of fused-ring (bicyclic) bond motifs is 3. The summed E-state index contributed by atoms with van der Waals surface area (Å²) >= 11 is 0. The van der Waals surface area contributed by atoms with Crippen molar-refractivity contribution in [3.05, 3.63) is 81.6 Å². The van der Waals surface area contributed by atoms with E-state index in [1.165, 1.54) is 4.57 Å². The van der Waals surface area contributed by atoms with Crippen molar-refractivity contribution in [3.63, 3.8) is 0 Å². The van der Waals surface area contributed by atoms with Crippen molar-refractivity contribution in [3.8, 4) is 28.5 Å². The second-order valence-electron chi connectivity index (χ2n) is 5.69. The van der Waals surface area contributed by atoms with Gasteiger partial charge >= 0.3 is 0 Å². The molecule has 24 heavy (non-hydrogen) atoms. The van der Waals surface area contributed by atoms with Crippen LogP contribution in [0.3, 0.4) is 0 Å². The van der Waals surface area contributed by atoms with Crippen LogP contribution < -0.4 is 5.56 Å². The molecule has 0 spiro atoms. The van der Waals surface area contributed by atoms with Crippen LogP contribution in [0.5, 0.6) is 0 Å². The molecule has 1 heterocycles. The highest BCUT2D eigenvalue weighted by Crippen LogP contribution is 2.41. The molecule has 1 aliphatic carbocycles. The number of nitriles is 1. The summed E-state index contributed by atoms with van der Waals surface area (Å²) in [5, 5.41) is 9.51. The smallest absolute Gasteiger partial charge is 0.269 e. The standard InChI is InChI=1S/C20H12N2O2/c1-22-18(12-7-3-2-4-8-12)17-16(15(11-21)20(22)24)13-9-5-6-10-14(13)19(17)23/h2-10H,1H3. The Kier molecular flexibility index (Phi) is 2.97. The van der Waals surface area contributed by atoms with E-state index in [2.05, 4.69) is 0 Å². The van der Waals surface area contributed by atoms with Crippen molar-refractivity contribution in [1.82, 2.24) is 4.57 Å². The second-order valence-corrected chi connectivity index (χ2v) is 5.69. The molecule has 0 fully saturated rings. The van der Waals surface area contributed by atoms with Crippen LogP contribution in [0.2, 0.25) is 0 Å². The molecule has 3 aromatic rings. The first-order chi connectivity index (χ1) is 11.6. The van der Waals surface area contributed by atoms with Gasteiger partial charge in [-0.1, -0.05) is 54.6 Å². The van der Waals surface area contributed by atoms with E-state index >= 15 is 0 Å². The number of benzene rings is 2. The molecule has 1 aliphatic rings. The van der Waals surface area contributed by atoms with E-state index in [4.69, 9.17) is 0 Å². The molecule has 4 nitrogen and oxygen atoms in total. The molecule has 4 rings (SSSR count). The average Bonchev–Trinajstić information content (AvgIpc) is 2.90. The Hall–Kier alpha value is -3.45. The van der Waals surface area contributed by atoms with Crippen molar-refractivity contribution < 1.29 is 4.79 Å². The van der Waals surface area contributed by atoms with Crippen molar-refractivity contribution in [2.45, 2.75) is 0 Å². The summed E-state index contributed by atoms with van der Waals surface area (Å²) in [5.74, 6) is -0.147. The number of aromatic nitrogens is 1. The lowest BCUT2D eigenvalue weighted by molar-refractivity contribution is 0.104. The van der Waals surface area contributed by atoms with Gasteiger partial charge in [0, 0.05) is 18.2 Å². The fourth-order valence-electron chi connectivity index (χ4n) is 3.35. The van der Waals surface area contributed by atoms with E-state index < -0.39 is 0 Å². The summed E-state index contributed by atoms with van der Waals surface area (Å²) in [6.45, 7) is 0. The van der Waals surface area contributed by atoms with Gasteiger partial charge in [-0.3, -0.25) is 9.59 Å². The van der Waals surface area contributed by atoms with Crippen LogP contribution in [0.25, 0.3) is 22.4 Å². The van der Waals surface area contributed by atoms with Gasteiger partial charge in [-0.2, -0.15) is 5.26 Å². The Balaban J connectivity index is 2.22. The maximum Gasteiger partial charge on any atom is 0.269 e. The summed E-state index contributed by atoms with van der Waals surface area (Å²) in [4.78, 5) is 25.7. The third-order valence-corrected chi connectivity index (χ3v) is 4.42. The first kappa shape index (κ1) is 14.2. The van der Waals surface area contributed by atoms with Gasteiger partial charge < -0.3 is 4.57 Å². The number of carbonyl (C=O) groups excluding carboxylic acids is 1. The average molecular weight is 312 g/mol. The molecular formula is C20H12N2O2. The molecule has 0 bridgehead atoms. The molecule has 0 radical (unpaired) electrons. The van der Waals surface area contributed by atoms with Crippen molar-refractivity contribution in [2.24, 2.45) is 7.05 Å². The van der Waals surface area contributed by atoms with E-state index in [-0.39, 0.29) is 16.9 Å². The van der Waals surface area contributed by atoms with Crippen LogP contribution in [-0.2, 0) is 7.05 Å². The number of hydrogen-bond donors (Lipinski definition) is 0. The minimum absolute atomic E-state index is 0.0190. The monoisotopic (exact) mass is 312 g/mol. The number of ketones is 1. The van der Waals surface area contributed by atoms with Crippen molar-refractivity contribution in [1.29, 1.82) is 5.26 Å². The van der Waals surface area contributed by atoms with Crippen LogP contribution in [0.15, 0.2) is 59.4 Å². The summed E-state index contributed by atoms with van der Waals surface area (Å²) in [5.41, 5.74) is 3.04. The number of rotatable bonds is 1. The van der Waals surface area contributed by atoms with Gasteiger partial charge in [-0.05, 0) is 11.1 Å². The lowest BCUT2D eigenvalue weighted by atomic mass is 9.97. The SMILES string of the molecule is Cn1c(-c2ccccc2)c2c(c(C#N)c1=O)-c1ccccc1C2=O. The molecule has 0 saturated heterocycles. The zero-order chi connectivity index (χ0) is 16.8. The molecule has 0 atom stereocenters. The normalized spacial score (nSPS) is 11.8. The Bertz CT molecular complexity index is 1100. The lowest BCUT2D eigenvalue weighted by Gasteiger charge is -2.14. The summed E-state index contributed by atoms with van der Waals surface area (Å²) in [6, 6.07) is 18.4. The van der Waals surface area contributed by atoms with Crippen LogP contribution in [0.4, 0.5) is 0 Å². The predicted octanol–water partition coefficient (Wildman–Crippen LogP) is 3.14. The minimum atomic E-state index is -0.389. The van der Waals surface area contributed by atoms with Crippen LogP contribution >= 0.6 is 0 Å². The van der Waals surface area contributed by atoms with E-state index in [9.17, 15) is 14.9 Å². The third kappa shape index (κ3) is 1.73. The highest BCUT2D eigenvalue weighted by Gasteiger charge is 2.34. The number of carbonyl (C=O) groups is 1. The quantitative estimate of drug-likeness (QED) is 0.542. The third-order valence-electron chi connectivity index (χ3n) is 4.42. The van der Waals surface area contributed by atoms with Crippen molar-refractivity contribution in [2.75, 3.05) is 0 Å². The number of hydrogen-bond acceptors (Lipinski definition) is 3. The first-order valence-electron chi connectivity index (χ1n) is 7.51. The molecule has 114 valence electrons. The first-order valence-corrected chi connectivity index (χ1v) is 7.51. The Morgan fingerprint density at radius 1 is 0.875 bits per heavy atom. The number of nitrogens with zero attached hydrogens (tertiary/aromatic N) is 2. The Labute approximate surface area is 138 Å². The van der Waals surface area contributed by atoms with Crippen LogP contribution in [-0.4, -0.2) is 10.4 Å². The molecule has 0 N–H and O–H groups in total. The van der Waals surface area contributed by atoms with E-state index in [0.717, 1.165) is 5.56 Å². The molecule has 0 aliphatic heterocycles. The molecular weight excluding hydrogens is 300 g/mol. The molecule has 2 aromatic carbocycles. The zero-order valence-electron chi connectivity index (χ0n) is 12.9. The fourth-order valence-corrected chi connectivity index (χ4v) is 3.35. The van der Waals surface area contributed by atoms with Gasteiger partial charge in [-0.15, -0.1) is 0 Å². The molecule has 4 heteroatoms. The van der Waals surface area contributed by atoms with Crippen LogP contribution in [0.1, 0.15) is 21.5 Å². The molecule has 0 amide bonds. The van der Waals surface area contributed by atoms with Gasteiger partial charge in [0.05, 0.1) is 11.3 Å². The van der Waals surface area contributed by atoms with Gasteiger partial charge in [0.2, 0.25) is 0 Å². The Morgan fingerprint density at radius 3 is 2.17 bits per heavy atom. The summed E-state index contributed by atoms with van der Waals surface area (Å²) in [7, 11) is 1.60. The fraction of sp³-hybridized carbons (Fsp3) is 0.0500. The number of pyridine rings is 1. The molecule has 1 aromatic heterocycles. The lowest BCUT2D eigenvalue weighted by Crippen LogP contribution is -2.24. The molecule has 0 unspecified atom stereocenters. The summed E-state index contributed by atoms with van der Waals surface area (Å²) < 4.78 is 1.40. The second kappa shape index (κ2) is 5.04. The maximum atomic E-state index is 13.0. The highest BCUT2D eigenvalue weighted by atomic mass is 16.1. The van der Waals surface area contributed by atoms with Gasteiger partial charge in [-0.25, -0.2) is 0 Å². The highest BCUT2D eigenvalue weighted by molar-refractivity contribution is 6.25. The predicted molar refractivity (Wildman–Crippen MR) is 90.7 cm³/mol. The summed E-state index contributed by atoms with van der Waals surface area (Å²) in [6.07, 6.45) is 0. The van der Waals surface area contributed by atoms with E-state index in [0.29, 0.717) is 27.9 Å². The van der Waals surface area contributed by atoms with E-state index in [1.807, 2.05) is 42.5 Å². The van der Waals surface area contributed by atoms with E-state index in [1.54, 1.807) is 25.2 Å². The zero-order valence-corrected chi connectivity index (χ0v) is 12.9. The minimum Gasteiger partial charge on any atom is -0.309 e. The maximum absolute atomic E-state index is 13.0. The molecule has 0 saturated carbocycles. The van der Waals surface area contributed by atoms with Crippen molar-refractivity contribution >= 4 is 5.78 Å². The topological polar surface area (TPSA) is 62.9 Å². The van der Waals surface area contributed by atoms with Gasteiger partial charge in [0.1, 0.15) is 11.6 Å². The van der Waals surface area contributed by atoms with Crippen LogP contribution in [0, 0.1) is 11.3 Å². The largest absolute Gasteiger partial charge is 0.309 e.